The highest BCUT2D eigenvalue weighted by Gasteiger charge is 2.22. The van der Waals surface area contributed by atoms with Crippen LogP contribution in [0.2, 0.25) is 0 Å². The lowest BCUT2D eigenvalue weighted by Gasteiger charge is -2.08. The number of hydrogen-bond acceptors (Lipinski definition) is 8. The Morgan fingerprint density at radius 2 is 2.14 bits per heavy atom. The molecule has 0 atom stereocenters. The Morgan fingerprint density at radius 3 is 2.93 bits per heavy atom. The highest BCUT2D eigenvalue weighted by Crippen LogP contribution is 2.23. The van der Waals surface area contributed by atoms with E-state index in [2.05, 4.69) is 25.8 Å². The maximum Gasteiger partial charge on any atom is 0.265 e. The molecule has 0 saturated carbocycles. The fourth-order valence-electron chi connectivity index (χ4n) is 2.84. The fourth-order valence-corrected chi connectivity index (χ4v) is 3.27. The molecule has 28 heavy (non-hydrogen) atoms. The number of carbonyl (C=O) groups excluding carboxylic acids is 1. The second-order valence-electron chi connectivity index (χ2n) is 5.96. The maximum atomic E-state index is 12.9. The first-order valence-electron chi connectivity index (χ1n) is 8.18. The molecule has 4 aromatic rings. The van der Waals surface area contributed by atoms with Crippen molar-refractivity contribution in [2.45, 2.75) is 12.1 Å². The van der Waals surface area contributed by atoms with Gasteiger partial charge in [-0.1, -0.05) is 17.8 Å². The molecular weight excluding hydrogens is 382 g/mol. The van der Waals surface area contributed by atoms with Crippen molar-refractivity contribution in [3.05, 3.63) is 52.3 Å². The van der Waals surface area contributed by atoms with E-state index in [1.807, 2.05) is 12.3 Å². The monoisotopic (exact) mass is 397 g/mol. The van der Waals surface area contributed by atoms with Gasteiger partial charge in [0.25, 0.3) is 11.5 Å². The van der Waals surface area contributed by atoms with Gasteiger partial charge in [0.05, 0.1) is 11.3 Å². The minimum Gasteiger partial charge on any atom is -0.442 e. The van der Waals surface area contributed by atoms with Gasteiger partial charge in [-0.25, -0.2) is 4.98 Å². The molecule has 3 heterocycles. The summed E-state index contributed by atoms with van der Waals surface area (Å²) in [6.07, 6.45) is 3.23. The van der Waals surface area contributed by atoms with Crippen molar-refractivity contribution in [1.29, 1.82) is 0 Å². The third-order valence-corrected chi connectivity index (χ3v) is 4.77. The molecular formula is C17H15N7O3S. The lowest BCUT2D eigenvalue weighted by molar-refractivity contribution is 0.102. The van der Waals surface area contributed by atoms with Gasteiger partial charge >= 0.3 is 0 Å². The SMILES string of the molecule is CSc1nnnn1-c1cccc(NC(=O)c2c(C)oc3ncn(C)c(=O)c23)c1. The van der Waals surface area contributed by atoms with Crippen molar-refractivity contribution in [2.75, 3.05) is 11.6 Å². The summed E-state index contributed by atoms with van der Waals surface area (Å²) in [5.41, 5.74) is 1.18. The van der Waals surface area contributed by atoms with Crippen LogP contribution in [0.15, 0.2) is 45.0 Å². The minimum atomic E-state index is -0.458. The number of hydrogen-bond donors (Lipinski definition) is 1. The van der Waals surface area contributed by atoms with Gasteiger partial charge in [-0.05, 0) is 41.8 Å². The normalized spacial score (nSPS) is 11.1. The summed E-state index contributed by atoms with van der Waals surface area (Å²) in [7, 11) is 1.57. The minimum absolute atomic E-state index is 0.137. The highest BCUT2D eigenvalue weighted by molar-refractivity contribution is 7.98. The number of nitrogens with one attached hydrogen (secondary N) is 1. The van der Waals surface area contributed by atoms with E-state index in [1.165, 1.54) is 22.7 Å². The molecule has 0 aliphatic carbocycles. The van der Waals surface area contributed by atoms with Crippen molar-refractivity contribution < 1.29 is 9.21 Å². The molecule has 0 fully saturated rings. The first kappa shape index (κ1) is 17.9. The summed E-state index contributed by atoms with van der Waals surface area (Å²) < 4.78 is 8.36. The molecule has 0 aliphatic rings. The van der Waals surface area contributed by atoms with E-state index in [0.29, 0.717) is 22.3 Å². The topological polar surface area (TPSA) is 121 Å². The number of amides is 1. The molecule has 1 aromatic carbocycles. The molecule has 4 rings (SSSR count). The molecule has 1 N–H and O–H groups in total. The van der Waals surface area contributed by atoms with Crippen LogP contribution in [0, 0.1) is 6.92 Å². The van der Waals surface area contributed by atoms with Crippen molar-refractivity contribution in [2.24, 2.45) is 7.05 Å². The van der Waals surface area contributed by atoms with E-state index in [0.717, 1.165) is 0 Å². The average molecular weight is 397 g/mol. The van der Waals surface area contributed by atoms with Gasteiger partial charge in [-0.3, -0.25) is 9.59 Å². The molecule has 0 spiro atoms. The Morgan fingerprint density at radius 1 is 1.32 bits per heavy atom. The number of benzene rings is 1. The van der Waals surface area contributed by atoms with Crippen molar-refractivity contribution in [1.82, 2.24) is 29.8 Å². The van der Waals surface area contributed by atoms with Crippen molar-refractivity contribution >= 4 is 34.5 Å². The maximum absolute atomic E-state index is 12.9. The standard InChI is InChI=1S/C17H15N7O3S/c1-9-12(13-15(27-9)18-8-23(2)16(13)26)14(25)19-10-5-4-6-11(7-10)24-17(28-3)20-21-22-24/h4-8H,1-3H3,(H,19,25). The number of fused-ring (bicyclic) bond motifs is 1. The van der Waals surface area contributed by atoms with E-state index < -0.39 is 5.91 Å². The Balaban J connectivity index is 1.71. The van der Waals surface area contributed by atoms with Gasteiger partial charge in [-0.2, -0.15) is 4.68 Å². The summed E-state index contributed by atoms with van der Waals surface area (Å²) in [6.45, 7) is 1.62. The van der Waals surface area contributed by atoms with E-state index in [9.17, 15) is 9.59 Å². The summed E-state index contributed by atoms with van der Waals surface area (Å²) in [5.74, 6) is -0.134. The number of thioether (sulfide) groups is 1. The van der Waals surface area contributed by atoms with E-state index in [4.69, 9.17) is 4.42 Å². The van der Waals surface area contributed by atoms with Gasteiger partial charge in [-0.15, -0.1) is 5.10 Å². The van der Waals surface area contributed by atoms with Crippen LogP contribution in [0.3, 0.4) is 0 Å². The number of rotatable bonds is 4. The van der Waals surface area contributed by atoms with E-state index in [1.54, 1.807) is 36.9 Å². The summed E-state index contributed by atoms with van der Waals surface area (Å²) in [6, 6.07) is 7.07. The van der Waals surface area contributed by atoms with Crippen LogP contribution >= 0.6 is 11.8 Å². The van der Waals surface area contributed by atoms with Crippen molar-refractivity contribution in [3.8, 4) is 5.69 Å². The van der Waals surface area contributed by atoms with Crippen LogP contribution in [0.5, 0.6) is 0 Å². The van der Waals surface area contributed by atoms with Crippen LogP contribution in [-0.4, -0.2) is 41.9 Å². The summed E-state index contributed by atoms with van der Waals surface area (Å²) in [4.78, 5) is 29.4. The number of anilines is 1. The van der Waals surface area contributed by atoms with Crippen LogP contribution in [0.4, 0.5) is 5.69 Å². The lowest BCUT2D eigenvalue weighted by Crippen LogP contribution is -2.20. The van der Waals surface area contributed by atoms with E-state index >= 15 is 0 Å². The third-order valence-electron chi connectivity index (χ3n) is 4.15. The quantitative estimate of drug-likeness (QED) is 0.517. The number of nitrogens with zero attached hydrogens (tertiary/aromatic N) is 6. The van der Waals surface area contributed by atoms with Gasteiger partial charge in [0.15, 0.2) is 0 Å². The third kappa shape index (κ3) is 2.95. The largest absolute Gasteiger partial charge is 0.442 e. The fraction of sp³-hybridized carbons (Fsp3) is 0.176. The molecule has 10 nitrogen and oxygen atoms in total. The molecule has 11 heteroatoms. The Labute approximate surface area is 162 Å². The van der Waals surface area contributed by atoms with E-state index in [-0.39, 0.29) is 22.2 Å². The lowest BCUT2D eigenvalue weighted by atomic mass is 10.1. The van der Waals surface area contributed by atoms with Crippen LogP contribution in [0.1, 0.15) is 16.1 Å². The zero-order valence-electron chi connectivity index (χ0n) is 15.2. The van der Waals surface area contributed by atoms with Gasteiger partial charge < -0.3 is 14.3 Å². The number of furan rings is 1. The molecule has 3 aromatic heterocycles. The second-order valence-corrected chi connectivity index (χ2v) is 6.73. The zero-order valence-corrected chi connectivity index (χ0v) is 16.0. The number of carbonyl (C=O) groups is 1. The Kier molecular flexibility index (Phi) is 4.43. The van der Waals surface area contributed by atoms with Gasteiger partial charge in [0, 0.05) is 12.7 Å². The Hall–Kier alpha value is -3.47. The average Bonchev–Trinajstić information content (AvgIpc) is 3.29. The number of tetrazole rings is 1. The summed E-state index contributed by atoms with van der Waals surface area (Å²) >= 11 is 1.40. The highest BCUT2D eigenvalue weighted by atomic mass is 32.2. The first-order valence-corrected chi connectivity index (χ1v) is 9.41. The second kappa shape index (κ2) is 6.93. The zero-order chi connectivity index (χ0) is 19.8. The summed E-state index contributed by atoms with van der Waals surface area (Å²) in [5, 5.41) is 15.1. The first-order chi connectivity index (χ1) is 13.5. The van der Waals surface area contributed by atoms with Crippen LogP contribution in [-0.2, 0) is 7.05 Å². The van der Waals surface area contributed by atoms with Gasteiger partial charge in [0.1, 0.15) is 17.5 Å². The molecule has 0 aliphatic heterocycles. The predicted molar refractivity (Wildman–Crippen MR) is 103 cm³/mol. The Bertz CT molecular complexity index is 1260. The number of aromatic nitrogens is 6. The smallest absolute Gasteiger partial charge is 0.265 e. The molecule has 0 saturated heterocycles. The molecule has 142 valence electrons. The molecule has 0 bridgehead atoms. The van der Waals surface area contributed by atoms with Crippen LogP contribution in [0.25, 0.3) is 16.8 Å². The molecule has 1 amide bonds. The number of aryl methyl sites for hydroxylation is 2. The van der Waals surface area contributed by atoms with Crippen molar-refractivity contribution in [3.63, 3.8) is 0 Å². The van der Waals surface area contributed by atoms with Crippen LogP contribution < -0.4 is 10.9 Å². The predicted octanol–water partition coefficient (Wildman–Crippen LogP) is 1.78. The molecule has 0 unspecified atom stereocenters. The van der Waals surface area contributed by atoms with Gasteiger partial charge in [0.2, 0.25) is 10.9 Å². The molecule has 0 radical (unpaired) electrons.